The first-order chi connectivity index (χ1) is 8.65. The van der Waals surface area contributed by atoms with Crippen molar-refractivity contribution in [2.75, 3.05) is 19.8 Å². The third kappa shape index (κ3) is 3.54. The molecule has 0 saturated carbocycles. The third-order valence-corrected chi connectivity index (χ3v) is 3.03. The van der Waals surface area contributed by atoms with E-state index in [2.05, 4.69) is 15.7 Å². The molecule has 1 amide bonds. The SMILES string of the molecule is CC(NC(=O)CC1COCCN1)c1cnn(C)c1. The summed E-state index contributed by atoms with van der Waals surface area (Å²) in [6.07, 6.45) is 4.13. The molecule has 0 aromatic carbocycles. The highest BCUT2D eigenvalue weighted by molar-refractivity contribution is 5.77. The third-order valence-electron chi connectivity index (χ3n) is 3.03. The van der Waals surface area contributed by atoms with Crippen LogP contribution in [0.3, 0.4) is 0 Å². The van der Waals surface area contributed by atoms with Crippen LogP contribution in [0.5, 0.6) is 0 Å². The number of amides is 1. The number of hydrogen-bond acceptors (Lipinski definition) is 4. The summed E-state index contributed by atoms with van der Waals surface area (Å²) >= 11 is 0. The summed E-state index contributed by atoms with van der Waals surface area (Å²) in [5, 5.41) is 10.3. The Labute approximate surface area is 107 Å². The molecule has 1 fully saturated rings. The van der Waals surface area contributed by atoms with Crippen LogP contribution in [0, 0.1) is 0 Å². The number of ether oxygens (including phenoxy) is 1. The van der Waals surface area contributed by atoms with E-state index in [0.29, 0.717) is 13.0 Å². The molecule has 1 aromatic heterocycles. The first kappa shape index (κ1) is 13.0. The molecule has 100 valence electrons. The molecule has 6 nitrogen and oxygen atoms in total. The molecule has 2 rings (SSSR count). The van der Waals surface area contributed by atoms with Gasteiger partial charge in [-0.3, -0.25) is 9.48 Å². The molecule has 0 bridgehead atoms. The van der Waals surface area contributed by atoms with Crippen molar-refractivity contribution in [1.82, 2.24) is 20.4 Å². The average molecular weight is 252 g/mol. The minimum Gasteiger partial charge on any atom is -0.378 e. The molecule has 1 aliphatic heterocycles. The van der Waals surface area contributed by atoms with Crippen LogP contribution in [0.4, 0.5) is 0 Å². The van der Waals surface area contributed by atoms with Crippen LogP contribution in [0.2, 0.25) is 0 Å². The fourth-order valence-corrected chi connectivity index (χ4v) is 2.02. The van der Waals surface area contributed by atoms with E-state index in [4.69, 9.17) is 4.74 Å². The maximum Gasteiger partial charge on any atom is 0.222 e. The van der Waals surface area contributed by atoms with Crippen molar-refractivity contribution < 1.29 is 9.53 Å². The quantitative estimate of drug-likeness (QED) is 0.790. The van der Waals surface area contributed by atoms with Gasteiger partial charge in [0.25, 0.3) is 0 Å². The van der Waals surface area contributed by atoms with E-state index in [1.165, 1.54) is 0 Å². The Balaban J connectivity index is 1.79. The topological polar surface area (TPSA) is 68.2 Å². The lowest BCUT2D eigenvalue weighted by atomic mass is 10.1. The van der Waals surface area contributed by atoms with Gasteiger partial charge in [0.1, 0.15) is 0 Å². The number of aryl methyl sites for hydroxylation is 1. The number of carbonyl (C=O) groups excluding carboxylic acids is 1. The molecule has 0 aliphatic carbocycles. The fraction of sp³-hybridized carbons (Fsp3) is 0.667. The van der Waals surface area contributed by atoms with Gasteiger partial charge in [-0.1, -0.05) is 0 Å². The number of carbonyl (C=O) groups is 1. The second kappa shape index (κ2) is 5.97. The highest BCUT2D eigenvalue weighted by atomic mass is 16.5. The van der Waals surface area contributed by atoms with Gasteiger partial charge in [0.15, 0.2) is 0 Å². The molecule has 18 heavy (non-hydrogen) atoms. The number of hydrogen-bond donors (Lipinski definition) is 2. The number of nitrogens with zero attached hydrogens (tertiary/aromatic N) is 2. The van der Waals surface area contributed by atoms with E-state index < -0.39 is 0 Å². The van der Waals surface area contributed by atoms with Crippen LogP contribution in [0.15, 0.2) is 12.4 Å². The van der Waals surface area contributed by atoms with Gasteiger partial charge in [0.2, 0.25) is 5.91 Å². The molecular formula is C12H20N4O2. The Bertz CT molecular complexity index is 399. The molecule has 2 atom stereocenters. The molecule has 0 radical (unpaired) electrons. The summed E-state index contributed by atoms with van der Waals surface area (Å²) in [6.45, 7) is 4.11. The van der Waals surface area contributed by atoms with E-state index in [9.17, 15) is 4.79 Å². The Morgan fingerprint density at radius 3 is 3.22 bits per heavy atom. The van der Waals surface area contributed by atoms with Crippen LogP contribution < -0.4 is 10.6 Å². The fourth-order valence-electron chi connectivity index (χ4n) is 2.02. The molecule has 2 heterocycles. The van der Waals surface area contributed by atoms with Gasteiger partial charge >= 0.3 is 0 Å². The van der Waals surface area contributed by atoms with E-state index in [0.717, 1.165) is 18.7 Å². The predicted octanol–water partition coefficient (Wildman–Crippen LogP) is -0.0242. The number of nitrogens with one attached hydrogen (secondary N) is 2. The van der Waals surface area contributed by atoms with E-state index in [1.54, 1.807) is 10.9 Å². The highest BCUT2D eigenvalue weighted by Crippen LogP contribution is 2.10. The first-order valence-electron chi connectivity index (χ1n) is 6.24. The van der Waals surface area contributed by atoms with E-state index in [-0.39, 0.29) is 18.0 Å². The smallest absolute Gasteiger partial charge is 0.222 e. The second-order valence-corrected chi connectivity index (χ2v) is 4.67. The highest BCUT2D eigenvalue weighted by Gasteiger charge is 2.18. The zero-order chi connectivity index (χ0) is 13.0. The minimum atomic E-state index is -0.0179. The lowest BCUT2D eigenvalue weighted by molar-refractivity contribution is -0.122. The zero-order valence-corrected chi connectivity index (χ0v) is 10.8. The molecule has 1 saturated heterocycles. The summed E-state index contributed by atoms with van der Waals surface area (Å²) in [6, 6.07) is 0.107. The second-order valence-electron chi connectivity index (χ2n) is 4.67. The normalized spacial score (nSPS) is 21.6. The van der Waals surface area contributed by atoms with Crippen LogP contribution in [-0.2, 0) is 16.6 Å². The summed E-state index contributed by atoms with van der Waals surface area (Å²) in [5.41, 5.74) is 1.01. The molecule has 6 heteroatoms. The van der Waals surface area contributed by atoms with Crippen molar-refractivity contribution >= 4 is 5.91 Å². The molecular weight excluding hydrogens is 232 g/mol. The van der Waals surface area contributed by atoms with Crippen molar-refractivity contribution in [2.45, 2.75) is 25.4 Å². The minimum absolute atomic E-state index is 0.0179. The first-order valence-corrected chi connectivity index (χ1v) is 6.24. The maximum absolute atomic E-state index is 11.9. The van der Waals surface area contributed by atoms with Gasteiger partial charge < -0.3 is 15.4 Å². The van der Waals surface area contributed by atoms with Crippen molar-refractivity contribution in [1.29, 1.82) is 0 Å². The van der Waals surface area contributed by atoms with Gasteiger partial charge in [0.05, 0.1) is 25.5 Å². The molecule has 1 aliphatic rings. The Kier molecular flexibility index (Phi) is 4.33. The summed E-state index contributed by atoms with van der Waals surface area (Å²) < 4.78 is 7.05. The summed E-state index contributed by atoms with van der Waals surface area (Å²) in [7, 11) is 1.86. The number of morpholine rings is 1. The van der Waals surface area contributed by atoms with Crippen LogP contribution in [-0.4, -0.2) is 41.5 Å². The van der Waals surface area contributed by atoms with Crippen LogP contribution in [0.25, 0.3) is 0 Å². The van der Waals surface area contributed by atoms with Crippen molar-refractivity contribution in [3.05, 3.63) is 18.0 Å². The maximum atomic E-state index is 11.9. The van der Waals surface area contributed by atoms with Crippen molar-refractivity contribution in [3.63, 3.8) is 0 Å². The van der Waals surface area contributed by atoms with Gasteiger partial charge in [-0.15, -0.1) is 0 Å². The summed E-state index contributed by atoms with van der Waals surface area (Å²) in [5.74, 6) is 0.0364. The van der Waals surface area contributed by atoms with Gasteiger partial charge in [0, 0.05) is 37.8 Å². The Hall–Kier alpha value is -1.40. The molecule has 0 spiro atoms. The number of aromatic nitrogens is 2. The molecule has 2 N–H and O–H groups in total. The van der Waals surface area contributed by atoms with Crippen molar-refractivity contribution in [3.8, 4) is 0 Å². The van der Waals surface area contributed by atoms with Crippen LogP contribution >= 0.6 is 0 Å². The Morgan fingerprint density at radius 2 is 2.61 bits per heavy atom. The largest absolute Gasteiger partial charge is 0.378 e. The average Bonchev–Trinajstić information content (AvgIpc) is 2.77. The van der Waals surface area contributed by atoms with Gasteiger partial charge in [-0.05, 0) is 6.92 Å². The van der Waals surface area contributed by atoms with Gasteiger partial charge in [-0.25, -0.2) is 0 Å². The summed E-state index contributed by atoms with van der Waals surface area (Å²) in [4.78, 5) is 11.9. The van der Waals surface area contributed by atoms with E-state index >= 15 is 0 Å². The van der Waals surface area contributed by atoms with Crippen LogP contribution in [0.1, 0.15) is 24.9 Å². The molecule has 1 aromatic rings. The Morgan fingerprint density at radius 1 is 1.78 bits per heavy atom. The predicted molar refractivity (Wildman–Crippen MR) is 67.0 cm³/mol. The lowest BCUT2D eigenvalue weighted by Crippen LogP contribution is -2.44. The number of rotatable bonds is 4. The molecule has 2 unspecified atom stereocenters. The van der Waals surface area contributed by atoms with Gasteiger partial charge in [-0.2, -0.15) is 5.10 Å². The lowest BCUT2D eigenvalue weighted by Gasteiger charge is -2.23. The van der Waals surface area contributed by atoms with E-state index in [1.807, 2.05) is 20.2 Å². The standard InChI is InChI=1S/C12H20N4O2/c1-9(10-6-14-16(2)7-10)15-12(17)5-11-8-18-4-3-13-11/h6-7,9,11,13H,3-5,8H2,1-2H3,(H,15,17). The van der Waals surface area contributed by atoms with Crippen molar-refractivity contribution in [2.24, 2.45) is 7.05 Å². The monoisotopic (exact) mass is 252 g/mol. The zero-order valence-electron chi connectivity index (χ0n) is 10.8.